The highest BCUT2D eigenvalue weighted by Crippen LogP contribution is 2.35. The van der Waals surface area contributed by atoms with Crippen LogP contribution in [-0.2, 0) is 11.8 Å². The van der Waals surface area contributed by atoms with Gasteiger partial charge >= 0.3 is 0 Å². The second kappa shape index (κ2) is 8.15. The van der Waals surface area contributed by atoms with Crippen molar-refractivity contribution in [1.82, 2.24) is 9.97 Å². The lowest BCUT2D eigenvalue weighted by Crippen LogP contribution is -2.12. The quantitative estimate of drug-likeness (QED) is 0.286. The van der Waals surface area contributed by atoms with Crippen molar-refractivity contribution in [3.63, 3.8) is 0 Å². The van der Waals surface area contributed by atoms with Crippen molar-refractivity contribution in [2.45, 2.75) is 46.5 Å². The first-order valence-corrected chi connectivity index (χ1v) is 11.7. The van der Waals surface area contributed by atoms with Gasteiger partial charge in [-0.05, 0) is 63.9 Å². The number of benzene rings is 3. The van der Waals surface area contributed by atoms with Gasteiger partial charge in [-0.15, -0.1) is 0 Å². The molecule has 0 unspecified atom stereocenters. The van der Waals surface area contributed by atoms with E-state index in [1.165, 1.54) is 27.3 Å². The van der Waals surface area contributed by atoms with Crippen molar-refractivity contribution in [1.29, 1.82) is 0 Å². The normalized spacial score (nSPS) is 12.2. The molecule has 0 saturated heterocycles. The first kappa shape index (κ1) is 21.4. The largest absolute Gasteiger partial charge is 0.464 e. The van der Waals surface area contributed by atoms with Gasteiger partial charge < -0.3 is 4.42 Å². The predicted octanol–water partition coefficient (Wildman–Crippen LogP) is 8.21. The Morgan fingerprint density at radius 3 is 2.33 bits per heavy atom. The zero-order valence-corrected chi connectivity index (χ0v) is 20.0. The Balaban J connectivity index is 1.58. The first-order valence-electron chi connectivity index (χ1n) is 11.7. The molecule has 0 spiro atoms. The molecule has 5 rings (SSSR count). The summed E-state index contributed by atoms with van der Waals surface area (Å²) >= 11 is 0. The van der Waals surface area contributed by atoms with E-state index in [9.17, 15) is 0 Å². The monoisotopic (exact) mass is 434 g/mol. The molecule has 0 fully saturated rings. The van der Waals surface area contributed by atoms with Crippen molar-refractivity contribution < 1.29 is 4.42 Å². The average Bonchev–Trinajstić information content (AvgIpc) is 3.19. The summed E-state index contributed by atoms with van der Waals surface area (Å²) in [6.07, 6.45) is 4.57. The summed E-state index contributed by atoms with van der Waals surface area (Å²) in [7, 11) is 0. The van der Waals surface area contributed by atoms with Crippen LogP contribution in [0, 0.1) is 5.92 Å². The molecule has 3 heteroatoms. The Labute approximate surface area is 195 Å². The molecule has 166 valence electrons. The third-order valence-corrected chi connectivity index (χ3v) is 6.21. The van der Waals surface area contributed by atoms with Crippen LogP contribution in [0.15, 0.2) is 77.7 Å². The summed E-state index contributed by atoms with van der Waals surface area (Å²) in [5, 5.41) is 3.71. The molecule has 0 saturated carbocycles. The van der Waals surface area contributed by atoms with E-state index in [4.69, 9.17) is 4.42 Å². The van der Waals surface area contributed by atoms with E-state index < -0.39 is 0 Å². The van der Waals surface area contributed by atoms with Crippen molar-refractivity contribution in [2.24, 2.45) is 5.92 Å². The zero-order chi connectivity index (χ0) is 23.2. The number of rotatable bonds is 4. The molecule has 3 nitrogen and oxygen atoms in total. The fourth-order valence-electron chi connectivity index (χ4n) is 4.59. The molecule has 0 atom stereocenters. The number of hydrogen-bond donors (Lipinski definition) is 0. The maximum Gasteiger partial charge on any atom is 0.134 e. The van der Waals surface area contributed by atoms with Crippen molar-refractivity contribution in [3.8, 4) is 22.5 Å². The standard InChI is InChI=1S/C30H30N2O/c1-19(2)12-23-17-33-29-15-21(10-11-25(23)29)27-16-28(32-18-31-27)22-13-20-8-6-7-9-24(20)26(14-22)30(3,4)5/h6-11,13-19H,12H2,1-5H3. The van der Waals surface area contributed by atoms with Crippen LogP contribution in [0.4, 0.5) is 0 Å². The summed E-state index contributed by atoms with van der Waals surface area (Å²) in [6, 6.07) is 21.5. The van der Waals surface area contributed by atoms with Crippen molar-refractivity contribution in [3.05, 3.63) is 84.4 Å². The minimum absolute atomic E-state index is 0.0312. The molecule has 0 N–H and O–H groups in total. The van der Waals surface area contributed by atoms with Gasteiger partial charge in [-0.25, -0.2) is 9.97 Å². The fourth-order valence-corrected chi connectivity index (χ4v) is 4.59. The van der Waals surface area contributed by atoms with Gasteiger partial charge in [0.2, 0.25) is 0 Å². The summed E-state index contributed by atoms with van der Waals surface area (Å²) in [5.41, 5.74) is 7.50. The molecule has 0 aliphatic rings. The van der Waals surface area contributed by atoms with Gasteiger partial charge in [-0.1, -0.05) is 71.0 Å². The Bertz CT molecular complexity index is 1450. The minimum atomic E-state index is 0.0312. The molecular formula is C30H30N2O. The average molecular weight is 435 g/mol. The number of nitrogens with zero attached hydrogens (tertiary/aromatic N) is 2. The van der Waals surface area contributed by atoms with Gasteiger partial charge in [-0.3, -0.25) is 0 Å². The van der Waals surface area contributed by atoms with Crippen LogP contribution < -0.4 is 0 Å². The highest BCUT2D eigenvalue weighted by atomic mass is 16.3. The van der Waals surface area contributed by atoms with Crippen molar-refractivity contribution >= 4 is 21.7 Å². The van der Waals surface area contributed by atoms with E-state index in [1.54, 1.807) is 6.33 Å². The van der Waals surface area contributed by atoms with E-state index in [-0.39, 0.29) is 5.41 Å². The second-order valence-electron chi connectivity index (χ2n) is 10.4. The molecule has 0 aliphatic carbocycles. The van der Waals surface area contributed by atoms with Gasteiger partial charge in [0.15, 0.2) is 0 Å². The smallest absolute Gasteiger partial charge is 0.134 e. The SMILES string of the molecule is CC(C)Cc1coc2cc(-c3cc(-c4cc(C(C)(C)C)c5ccccc5c4)ncn3)ccc12. The summed E-state index contributed by atoms with van der Waals surface area (Å²) < 4.78 is 5.88. The molecule has 0 radical (unpaired) electrons. The number of furan rings is 1. The Morgan fingerprint density at radius 2 is 1.58 bits per heavy atom. The maximum atomic E-state index is 5.88. The molecule has 3 aromatic carbocycles. The molecule has 33 heavy (non-hydrogen) atoms. The molecule has 5 aromatic rings. The molecule has 0 bridgehead atoms. The molecule has 0 aliphatic heterocycles. The van der Waals surface area contributed by atoms with Crippen molar-refractivity contribution in [2.75, 3.05) is 0 Å². The van der Waals surface area contributed by atoms with Crippen LogP contribution in [0.25, 0.3) is 44.3 Å². The van der Waals surface area contributed by atoms with Gasteiger partial charge in [0.05, 0.1) is 17.7 Å². The van der Waals surface area contributed by atoms with Gasteiger partial charge in [-0.2, -0.15) is 0 Å². The van der Waals surface area contributed by atoms with Crippen LogP contribution in [0.5, 0.6) is 0 Å². The van der Waals surface area contributed by atoms with E-state index in [2.05, 4.69) is 105 Å². The lowest BCUT2D eigenvalue weighted by atomic mass is 9.82. The van der Waals surface area contributed by atoms with Gasteiger partial charge in [0.25, 0.3) is 0 Å². The Morgan fingerprint density at radius 1 is 0.818 bits per heavy atom. The van der Waals surface area contributed by atoms with Crippen LogP contribution in [0.3, 0.4) is 0 Å². The summed E-state index contributed by atoms with van der Waals surface area (Å²) in [4.78, 5) is 9.21. The van der Waals surface area contributed by atoms with E-state index in [0.717, 1.165) is 34.5 Å². The highest BCUT2D eigenvalue weighted by Gasteiger charge is 2.19. The predicted molar refractivity (Wildman–Crippen MR) is 137 cm³/mol. The third-order valence-electron chi connectivity index (χ3n) is 6.21. The lowest BCUT2D eigenvalue weighted by molar-refractivity contribution is 0.594. The van der Waals surface area contributed by atoms with Crippen LogP contribution >= 0.6 is 0 Å². The number of hydrogen-bond acceptors (Lipinski definition) is 3. The van der Waals surface area contributed by atoms with E-state index in [1.807, 2.05) is 6.26 Å². The first-order chi connectivity index (χ1) is 15.8. The van der Waals surface area contributed by atoms with Gasteiger partial charge in [0, 0.05) is 16.5 Å². The van der Waals surface area contributed by atoms with Gasteiger partial charge in [0.1, 0.15) is 11.9 Å². The molecular weight excluding hydrogens is 404 g/mol. The fraction of sp³-hybridized carbons (Fsp3) is 0.267. The third kappa shape index (κ3) is 4.16. The molecule has 2 heterocycles. The number of fused-ring (bicyclic) bond motifs is 2. The second-order valence-corrected chi connectivity index (χ2v) is 10.4. The van der Waals surface area contributed by atoms with E-state index in [0.29, 0.717) is 5.92 Å². The maximum absolute atomic E-state index is 5.88. The molecule has 0 amide bonds. The summed E-state index contributed by atoms with van der Waals surface area (Å²) in [5.74, 6) is 0.592. The number of aromatic nitrogens is 2. The van der Waals surface area contributed by atoms with Crippen LogP contribution in [0.1, 0.15) is 45.7 Å². The minimum Gasteiger partial charge on any atom is -0.464 e. The Kier molecular flexibility index (Phi) is 5.28. The van der Waals surface area contributed by atoms with E-state index >= 15 is 0 Å². The van der Waals surface area contributed by atoms with Crippen LogP contribution in [-0.4, -0.2) is 9.97 Å². The lowest BCUT2D eigenvalue weighted by Gasteiger charge is -2.22. The molecule has 2 aromatic heterocycles. The highest BCUT2D eigenvalue weighted by molar-refractivity contribution is 5.91. The van der Waals surface area contributed by atoms with Crippen LogP contribution in [0.2, 0.25) is 0 Å². The summed E-state index contributed by atoms with van der Waals surface area (Å²) in [6.45, 7) is 11.2. The topological polar surface area (TPSA) is 38.9 Å². The zero-order valence-electron chi connectivity index (χ0n) is 20.0. The Hall–Kier alpha value is -3.46.